The van der Waals surface area contributed by atoms with Crippen LogP contribution in [0.15, 0.2) is 0 Å². The molecule has 2 fully saturated rings. The summed E-state index contributed by atoms with van der Waals surface area (Å²) in [7, 11) is 0. The third kappa shape index (κ3) is 4.19. The first-order valence-electron chi connectivity index (χ1n) is 7.79. The molecule has 4 nitrogen and oxygen atoms in total. The zero-order valence-electron chi connectivity index (χ0n) is 11.7. The average molecular weight is 254 g/mol. The summed E-state index contributed by atoms with van der Waals surface area (Å²) >= 11 is 0. The molecule has 4 N–H and O–H groups in total. The first kappa shape index (κ1) is 14.3. The van der Waals surface area contributed by atoms with Gasteiger partial charge in [-0.25, -0.2) is 0 Å². The van der Waals surface area contributed by atoms with E-state index in [9.17, 15) is 0 Å². The van der Waals surface area contributed by atoms with Crippen molar-refractivity contribution in [3.05, 3.63) is 0 Å². The third-order valence-electron chi connectivity index (χ3n) is 4.43. The molecule has 2 aliphatic rings. The molecule has 2 heterocycles. The SMILES string of the molecule is NCCCCN(C1CCNCC1)C1CCNCC1. The Morgan fingerprint density at radius 2 is 1.33 bits per heavy atom. The Bertz CT molecular complexity index is 192. The number of hydrogen-bond acceptors (Lipinski definition) is 4. The molecule has 0 amide bonds. The van der Waals surface area contributed by atoms with Crippen LogP contribution in [0.2, 0.25) is 0 Å². The lowest BCUT2D eigenvalue weighted by molar-refractivity contribution is 0.0868. The first-order valence-corrected chi connectivity index (χ1v) is 7.79. The maximum Gasteiger partial charge on any atom is 0.0122 e. The van der Waals surface area contributed by atoms with E-state index in [1.165, 1.54) is 71.2 Å². The van der Waals surface area contributed by atoms with Crippen molar-refractivity contribution in [3.8, 4) is 0 Å². The van der Waals surface area contributed by atoms with Gasteiger partial charge in [-0.05, 0) is 77.8 Å². The topological polar surface area (TPSA) is 53.3 Å². The van der Waals surface area contributed by atoms with E-state index in [1.54, 1.807) is 0 Å². The van der Waals surface area contributed by atoms with Crippen molar-refractivity contribution in [3.63, 3.8) is 0 Å². The van der Waals surface area contributed by atoms with Crippen molar-refractivity contribution in [2.45, 2.75) is 50.6 Å². The highest BCUT2D eigenvalue weighted by molar-refractivity contribution is 4.85. The average Bonchev–Trinajstić information content (AvgIpc) is 2.46. The van der Waals surface area contributed by atoms with Crippen molar-refractivity contribution < 1.29 is 0 Å². The highest BCUT2D eigenvalue weighted by atomic mass is 15.2. The maximum absolute atomic E-state index is 5.63. The lowest BCUT2D eigenvalue weighted by Gasteiger charge is -2.42. The first-order chi connectivity index (χ1) is 8.92. The summed E-state index contributed by atoms with van der Waals surface area (Å²) in [5, 5.41) is 6.96. The van der Waals surface area contributed by atoms with Crippen LogP contribution in [0.25, 0.3) is 0 Å². The third-order valence-corrected chi connectivity index (χ3v) is 4.43. The number of nitrogens with two attached hydrogens (primary N) is 1. The van der Waals surface area contributed by atoms with E-state index in [1.807, 2.05) is 0 Å². The van der Waals surface area contributed by atoms with Crippen LogP contribution in [0.3, 0.4) is 0 Å². The molecular formula is C14H30N4. The number of nitrogens with one attached hydrogen (secondary N) is 2. The van der Waals surface area contributed by atoms with Crippen molar-refractivity contribution in [1.29, 1.82) is 0 Å². The van der Waals surface area contributed by atoms with Crippen LogP contribution in [-0.4, -0.2) is 56.3 Å². The second-order valence-electron chi connectivity index (χ2n) is 5.70. The van der Waals surface area contributed by atoms with Gasteiger partial charge >= 0.3 is 0 Å². The quantitative estimate of drug-likeness (QED) is 0.605. The molecule has 0 spiro atoms. The lowest BCUT2D eigenvalue weighted by Crippen LogP contribution is -2.51. The van der Waals surface area contributed by atoms with Crippen LogP contribution in [0.1, 0.15) is 38.5 Å². The largest absolute Gasteiger partial charge is 0.330 e. The number of hydrogen-bond donors (Lipinski definition) is 3. The van der Waals surface area contributed by atoms with Crippen molar-refractivity contribution in [1.82, 2.24) is 15.5 Å². The predicted molar refractivity (Wildman–Crippen MR) is 76.8 cm³/mol. The standard InChI is InChI=1S/C14H30N4/c15-7-1-2-12-18(13-3-8-16-9-4-13)14-5-10-17-11-6-14/h13-14,16-17H,1-12,15H2. The molecule has 0 radical (unpaired) electrons. The Kier molecular flexibility index (Phi) is 6.41. The van der Waals surface area contributed by atoms with E-state index in [4.69, 9.17) is 5.73 Å². The van der Waals surface area contributed by atoms with Crippen molar-refractivity contribution in [2.75, 3.05) is 39.3 Å². The molecule has 2 saturated heterocycles. The minimum absolute atomic E-state index is 0.812. The van der Waals surface area contributed by atoms with Gasteiger partial charge in [-0.2, -0.15) is 0 Å². The van der Waals surface area contributed by atoms with E-state index in [2.05, 4.69) is 15.5 Å². The zero-order valence-corrected chi connectivity index (χ0v) is 11.7. The van der Waals surface area contributed by atoms with E-state index in [0.29, 0.717) is 0 Å². The summed E-state index contributed by atoms with van der Waals surface area (Å²) in [6.07, 6.45) is 7.75. The van der Waals surface area contributed by atoms with Gasteiger partial charge in [0, 0.05) is 12.1 Å². The molecule has 0 saturated carbocycles. The van der Waals surface area contributed by atoms with Crippen LogP contribution in [-0.2, 0) is 0 Å². The van der Waals surface area contributed by atoms with Gasteiger partial charge in [-0.15, -0.1) is 0 Å². The molecular weight excluding hydrogens is 224 g/mol. The van der Waals surface area contributed by atoms with E-state index in [0.717, 1.165) is 18.6 Å². The Hall–Kier alpha value is -0.160. The molecule has 4 heteroatoms. The van der Waals surface area contributed by atoms with Crippen LogP contribution in [0.4, 0.5) is 0 Å². The maximum atomic E-state index is 5.63. The molecule has 0 bridgehead atoms. The Morgan fingerprint density at radius 3 is 1.78 bits per heavy atom. The Labute approximate surface area is 112 Å². The number of piperidine rings is 2. The summed E-state index contributed by atoms with van der Waals surface area (Å²) < 4.78 is 0. The normalized spacial score (nSPS) is 23.7. The van der Waals surface area contributed by atoms with E-state index < -0.39 is 0 Å². The summed E-state index contributed by atoms with van der Waals surface area (Å²) in [6.45, 7) is 6.89. The Balaban J connectivity index is 1.87. The summed E-state index contributed by atoms with van der Waals surface area (Å²) in [5.74, 6) is 0. The van der Waals surface area contributed by atoms with Crippen molar-refractivity contribution in [2.24, 2.45) is 5.73 Å². The second kappa shape index (κ2) is 8.10. The molecule has 18 heavy (non-hydrogen) atoms. The van der Waals surface area contributed by atoms with Crippen LogP contribution >= 0.6 is 0 Å². The van der Waals surface area contributed by atoms with Gasteiger partial charge in [0.15, 0.2) is 0 Å². The molecule has 2 rings (SSSR count). The smallest absolute Gasteiger partial charge is 0.0122 e. The van der Waals surface area contributed by atoms with Crippen LogP contribution in [0, 0.1) is 0 Å². The summed E-state index contributed by atoms with van der Waals surface area (Å²) in [4.78, 5) is 2.82. The number of unbranched alkanes of at least 4 members (excludes halogenated alkanes) is 1. The molecule has 0 aromatic carbocycles. The van der Waals surface area contributed by atoms with Gasteiger partial charge < -0.3 is 16.4 Å². The van der Waals surface area contributed by atoms with Gasteiger partial charge in [-0.3, -0.25) is 4.90 Å². The van der Waals surface area contributed by atoms with Crippen molar-refractivity contribution >= 4 is 0 Å². The Morgan fingerprint density at radius 1 is 0.833 bits per heavy atom. The summed E-state index contributed by atoms with van der Waals surface area (Å²) in [6, 6.07) is 1.62. The van der Waals surface area contributed by atoms with Gasteiger partial charge in [0.25, 0.3) is 0 Å². The van der Waals surface area contributed by atoms with Crippen LogP contribution in [0.5, 0.6) is 0 Å². The second-order valence-corrected chi connectivity index (χ2v) is 5.70. The highest BCUT2D eigenvalue weighted by Gasteiger charge is 2.27. The number of rotatable bonds is 6. The fourth-order valence-electron chi connectivity index (χ4n) is 3.38. The summed E-state index contributed by atoms with van der Waals surface area (Å²) in [5.41, 5.74) is 5.63. The molecule has 0 aliphatic carbocycles. The van der Waals surface area contributed by atoms with Gasteiger partial charge in [0.05, 0.1) is 0 Å². The molecule has 2 aliphatic heterocycles. The molecule has 0 atom stereocenters. The molecule has 106 valence electrons. The van der Waals surface area contributed by atoms with E-state index in [-0.39, 0.29) is 0 Å². The number of nitrogens with zero attached hydrogens (tertiary/aromatic N) is 1. The zero-order chi connectivity index (χ0) is 12.6. The van der Waals surface area contributed by atoms with Gasteiger partial charge in [0.1, 0.15) is 0 Å². The van der Waals surface area contributed by atoms with Gasteiger partial charge in [0.2, 0.25) is 0 Å². The van der Waals surface area contributed by atoms with Gasteiger partial charge in [-0.1, -0.05) is 0 Å². The predicted octanol–water partition coefficient (Wildman–Crippen LogP) is 0.531. The molecule has 0 aromatic heterocycles. The fourth-order valence-corrected chi connectivity index (χ4v) is 3.38. The lowest BCUT2D eigenvalue weighted by atomic mass is 9.97. The van der Waals surface area contributed by atoms with E-state index >= 15 is 0 Å². The molecule has 0 unspecified atom stereocenters. The highest BCUT2D eigenvalue weighted by Crippen LogP contribution is 2.21. The minimum Gasteiger partial charge on any atom is -0.330 e. The fraction of sp³-hybridized carbons (Fsp3) is 1.00. The monoisotopic (exact) mass is 254 g/mol. The minimum atomic E-state index is 0.812. The molecule has 0 aromatic rings. The van der Waals surface area contributed by atoms with Crippen LogP contribution < -0.4 is 16.4 Å².